The van der Waals surface area contributed by atoms with Crippen LogP contribution >= 0.6 is 0 Å². The van der Waals surface area contributed by atoms with Gasteiger partial charge in [-0.2, -0.15) is 0 Å². The van der Waals surface area contributed by atoms with Crippen molar-refractivity contribution in [3.8, 4) is 5.75 Å². The molecule has 1 aliphatic heterocycles. The summed E-state index contributed by atoms with van der Waals surface area (Å²) in [6, 6.07) is 5.96. The lowest BCUT2D eigenvalue weighted by Gasteiger charge is -2.34. The zero-order valence-corrected chi connectivity index (χ0v) is 12.8. The predicted octanol–water partition coefficient (Wildman–Crippen LogP) is 1.37. The molecule has 2 amide bonds. The molecule has 1 heterocycles. The van der Waals surface area contributed by atoms with Gasteiger partial charge in [-0.25, -0.2) is 0 Å². The molecule has 0 aromatic heterocycles. The van der Waals surface area contributed by atoms with E-state index >= 15 is 0 Å². The van der Waals surface area contributed by atoms with E-state index in [1.807, 2.05) is 32.0 Å². The number of hydrogen-bond donors (Lipinski definition) is 0. The summed E-state index contributed by atoms with van der Waals surface area (Å²) in [7, 11) is 0. The number of nitrogens with zero attached hydrogens (tertiary/aromatic N) is 2. The zero-order valence-electron chi connectivity index (χ0n) is 12.8. The molecule has 5 nitrogen and oxygen atoms in total. The molecule has 0 bridgehead atoms. The number of hydrogen-bond acceptors (Lipinski definition) is 3. The highest BCUT2D eigenvalue weighted by atomic mass is 16.5. The molecule has 1 saturated heterocycles. The lowest BCUT2D eigenvalue weighted by molar-refractivity contribution is -0.141. The van der Waals surface area contributed by atoms with Crippen LogP contribution in [0.5, 0.6) is 5.75 Å². The van der Waals surface area contributed by atoms with Crippen molar-refractivity contribution in [3.05, 3.63) is 29.3 Å². The van der Waals surface area contributed by atoms with E-state index in [0.717, 1.165) is 23.3 Å². The van der Waals surface area contributed by atoms with Gasteiger partial charge in [-0.05, 0) is 38.0 Å². The van der Waals surface area contributed by atoms with Gasteiger partial charge in [0, 0.05) is 26.2 Å². The van der Waals surface area contributed by atoms with Crippen LogP contribution in [0, 0.1) is 13.8 Å². The summed E-state index contributed by atoms with van der Waals surface area (Å²) >= 11 is 0. The lowest BCUT2D eigenvalue weighted by Crippen LogP contribution is -2.51. The summed E-state index contributed by atoms with van der Waals surface area (Å²) in [6.45, 7) is 8.05. The quantitative estimate of drug-likeness (QED) is 0.787. The summed E-state index contributed by atoms with van der Waals surface area (Å²) in [6.07, 6.45) is 0.311. The Hall–Kier alpha value is -2.04. The SMILES string of the molecule is Cc1ccc(C)c(OC(C)C(=O)N2CCN(C=O)CC2)c1. The smallest absolute Gasteiger partial charge is 0.263 e. The van der Waals surface area contributed by atoms with Crippen molar-refractivity contribution in [2.45, 2.75) is 26.9 Å². The largest absolute Gasteiger partial charge is 0.481 e. The van der Waals surface area contributed by atoms with Gasteiger partial charge < -0.3 is 14.5 Å². The second-order valence-corrected chi connectivity index (χ2v) is 5.50. The van der Waals surface area contributed by atoms with Crippen molar-refractivity contribution in [2.75, 3.05) is 26.2 Å². The molecule has 1 fully saturated rings. The number of ether oxygens (including phenoxy) is 1. The van der Waals surface area contributed by atoms with E-state index in [1.165, 1.54) is 0 Å². The maximum Gasteiger partial charge on any atom is 0.263 e. The minimum atomic E-state index is -0.520. The van der Waals surface area contributed by atoms with Gasteiger partial charge >= 0.3 is 0 Å². The first kappa shape index (κ1) is 15.4. The Morgan fingerprint density at radius 3 is 2.52 bits per heavy atom. The number of rotatable bonds is 4. The van der Waals surface area contributed by atoms with Gasteiger partial charge in [0.25, 0.3) is 5.91 Å². The molecule has 1 unspecified atom stereocenters. The number of benzene rings is 1. The Kier molecular flexibility index (Phi) is 4.83. The van der Waals surface area contributed by atoms with Crippen LogP contribution in [0.2, 0.25) is 0 Å². The van der Waals surface area contributed by atoms with Gasteiger partial charge in [0.2, 0.25) is 6.41 Å². The Labute approximate surface area is 125 Å². The third-order valence-electron chi connectivity index (χ3n) is 3.77. The molecule has 1 aromatic rings. The third kappa shape index (κ3) is 3.74. The van der Waals surface area contributed by atoms with E-state index in [0.29, 0.717) is 26.2 Å². The zero-order chi connectivity index (χ0) is 15.4. The molecular weight excluding hydrogens is 268 g/mol. The van der Waals surface area contributed by atoms with Crippen molar-refractivity contribution in [3.63, 3.8) is 0 Å². The van der Waals surface area contributed by atoms with Gasteiger partial charge in [0.1, 0.15) is 5.75 Å². The minimum absolute atomic E-state index is 0.0264. The average molecular weight is 290 g/mol. The van der Waals surface area contributed by atoms with Gasteiger partial charge in [0.15, 0.2) is 6.10 Å². The monoisotopic (exact) mass is 290 g/mol. The first-order valence-electron chi connectivity index (χ1n) is 7.23. The predicted molar refractivity (Wildman–Crippen MR) is 80.2 cm³/mol. The maximum absolute atomic E-state index is 12.4. The fourth-order valence-electron chi connectivity index (χ4n) is 2.38. The summed E-state index contributed by atoms with van der Waals surface area (Å²) in [4.78, 5) is 26.5. The summed E-state index contributed by atoms with van der Waals surface area (Å²) in [5.41, 5.74) is 2.13. The van der Waals surface area contributed by atoms with Crippen LogP contribution in [0.4, 0.5) is 0 Å². The first-order chi connectivity index (χ1) is 10.0. The highest BCUT2D eigenvalue weighted by Gasteiger charge is 2.25. The molecule has 5 heteroatoms. The lowest BCUT2D eigenvalue weighted by atomic mass is 10.1. The Bertz CT molecular complexity index is 522. The van der Waals surface area contributed by atoms with Crippen LogP contribution in [0.25, 0.3) is 0 Å². The van der Waals surface area contributed by atoms with Crippen LogP contribution in [0.1, 0.15) is 18.1 Å². The second kappa shape index (κ2) is 6.61. The highest BCUT2D eigenvalue weighted by Crippen LogP contribution is 2.21. The molecule has 1 atom stereocenters. The summed E-state index contributed by atoms with van der Waals surface area (Å²) in [5.74, 6) is 0.726. The summed E-state index contributed by atoms with van der Waals surface area (Å²) < 4.78 is 5.82. The maximum atomic E-state index is 12.4. The third-order valence-corrected chi connectivity index (χ3v) is 3.77. The van der Waals surface area contributed by atoms with E-state index < -0.39 is 6.10 Å². The van der Waals surface area contributed by atoms with Crippen LogP contribution in [0.15, 0.2) is 18.2 Å². The molecule has 1 aromatic carbocycles. The topological polar surface area (TPSA) is 49.9 Å². The molecule has 21 heavy (non-hydrogen) atoms. The molecule has 0 N–H and O–H groups in total. The molecule has 0 spiro atoms. The standard InChI is InChI=1S/C16H22N2O3/c1-12-4-5-13(2)15(10-12)21-14(3)16(20)18-8-6-17(11-19)7-9-18/h4-5,10-11,14H,6-9H2,1-3H3. The Balaban J connectivity index is 1.96. The Morgan fingerprint density at radius 2 is 1.90 bits per heavy atom. The average Bonchev–Trinajstić information content (AvgIpc) is 2.50. The first-order valence-corrected chi connectivity index (χ1v) is 7.23. The van der Waals surface area contributed by atoms with E-state index in [1.54, 1.807) is 16.7 Å². The van der Waals surface area contributed by atoms with E-state index in [9.17, 15) is 9.59 Å². The van der Waals surface area contributed by atoms with Crippen LogP contribution < -0.4 is 4.74 Å². The van der Waals surface area contributed by atoms with Crippen LogP contribution in [0.3, 0.4) is 0 Å². The van der Waals surface area contributed by atoms with Gasteiger partial charge in [0.05, 0.1) is 0 Å². The van der Waals surface area contributed by atoms with Crippen molar-refractivity contribution in [1.29, 1.82) is 0 Å². The summed E-state index contributed by atoms with van der Waals surface area (Å²) in [5, 5.41) is 0. The molecule has 0 aliphatic carbocycles. The number of piperazine rings is 1. The number of carbonyl (C=O) groups is 2. The minimum Gasteiger partial charge on any atom is -0.481 e. The highest BCUT2D eigenvalue weighted by molar-refractivity contribution is 5.81. The van der Waals surface area contributed by atoms with Crippen molar-refractivity contribution in [1.82, 2.24) is 9.80 Å². The number of aryl methyl sites for hydroxylation is 2. The van der Waals surface area contributed by atoms with Crippen LogP contribution in [-0.2, 0) is 9.59 Å². The van der Waals surface area contributed by atoms with Crippen molar-refractivity contribution in [2.24, 2.45) is 0 Å². The van der Waals surface area contributed by atoms with E-state index in [-0.39, 0.29) is 5.91 Å². The van der Waals surface area contributed by atoms with Crippen LogP contribution in [-0.4, -0.2) is 54.4 Å². The molecule has 114 valence electrons. The number of amides is 2. The molecule has 2 rings (SSSR count). The fourth-order valence-corrected chi connectivity index (χ4v) is 2.38. The second-order valence-electron chi connectivity index (χ2n) is 5.50. The van der Waals surface area contributed by atoms with Gasteiger partial charge in [-0.3, -0.25) is 9.59 Å². The number of carbonyl (C=O) groups excluding carboxylic acids is 2. The van der Waals surface area contributed by atoms with Crippen molar-refractivity contribution >= 4 is 12.3 Å². The van der Waals surface area contributed by atoms with Crippen molar-refractivity contribution < 1.29 is 14.3 Å². The Morgan fingerprint density at radius 1 is 1.24 bits per heavy atom. The van der Waals surface area contributed by atoms with Gasteiger partial charge in [-0.1, -0.05) is 12.1 Å². The van der Waals surface area contributed by atoms with E-state index in [4.69, 9.17) is 4.74 Å². The van der Waals surface area contributed by atoms with E-state index in [2.05, 4.69) is 0 Å². The fraction of sp³-hybridized carbons (Fsp3) is 0.500. The molecule has 1 aliphatic rings. The van der Waals surface area contributed by atoms with Gasteiger partial charge in [-0.15, -0.1) is 0 Å². The molecule has 0 saturated carbocycles. The molecule has 0 radical (unpaired) electrons. The normalized spacial score (nSPS) is 16.5. The molecular formula is C16H22N2O3.